The summed E-state index contributed by atoms with van der Waals surface area (Å²) in [6, 6.07) is 4.79. The van der Waals surface area contributed by atoms with E-state index in [1.54, 1.807) is 29.0 Å². The van der Waals surface area contributed by atoms with E-state index in [1.165, 1.54) is 18.9 Å². The highest BCUT2D eigenvalue weighted by Gasteiger charge is 2.26. The zero-order valence-electron chi connectivity index (χ0n) is 17.1. The molecule has 160 valence electrons. The summed E-state index contributed by atoms with van der Waals surface area (Å²) in [5.41, 5.74) is 0.672. The van der Waals surface area contributed by atoms with Crippen LogP contribution >= 0.6 is 11.9 Å². The highest BCUT2D eigenvalue weighted by Crippen LogP contribution is 2.32. The van der Waals surface area contributed by atoms with Crippen LogP contribution in [-0.4, -0.2) is 42.3 Å². The van der Waals surface area contributed by atoms with Crippen LogP contribution in [0.5, 0.6) is 5.75 Å². The molecular formula is C21H30FN3O3S. The number of nitrogens with one attached hydrogen (secondary N) is 2. The lowest BCUT2D eigenvalue weighted by Crippen LogP contribution is -2.31. The molecule has 3 amide bonds. The number of benzene rings is 1. The second-order valence-electron chi connectivity index (χ2n) is 8.31. The molecule has 6 nitrogen and oxygen atoms in total. The largest absolute Gasteiger partial charge is 0.490 e. The highest BCUT2D eigenvalue weighted by molar-refractivity contribution is 7.97. The summed E-state index contributed by atoms with van der Waals surface area (Å²) in [6.07, 6.45) is 5.23. The first-order valence-corrected chi connectivity index (χ1v) is 11.2. The Morgan fingerprint density at radius 1 is 1.28 bits per heavy atom. The van der Waals surface area contributed by atoms with E-state index in [2.05, 4.69) is 23.9 Å². The molecule has 8 heteroatoms. The maximum absolute atomic E-state index is 14.0. The molecule has 0 unspecified atom stereocenters. The minimum atomic E-state index is -0.315. The predicted octanol–water partition coefficient (Wildman–Crippen LogP) is 3.81. The van der Waals surface area contributed by atoms with Crippen LogP contribution in [0.15, 0.2) is 18.2 Å². The summed E-state index contributed by atoms with van der Waals surface area (Å²) in [6.45, 7) is 5.52. The van der Waals surface area contributed by atoms with E-state index in [1.807, 2.05) is 0 Å². The molecule has 0 spiro atoms. The Kier molecular flexibility index (Phi) is 7.40. The van der Waals surface area contributed by atoms with Crippen LogP contribution < -0.4 is 14.8 Å². The number of nitrogens with zero attached hydrogens (tertiary/aromatic N) is 1. The topological polar surface area (TPSA) is 70.7 Å². The number of hydrogen-bond acceptors (Lipinski definition) is 5. The molecule has 2 fully saturated rings. The Balaban J connectivity index is 1.35. The molecule has 1 aromatic carbocycles. The second-order valence-corrected chi connectivity index (χ2v) is 9.21. The minimum absolute atomic E-state index is 0.174. The summed E-state index contributed by atoms with van der Waals surface area (Å²) in [5, 5.41) is 2.29. The number of hydrogen-bond donors (Lipinski definition) is 2. The van der Waals surface area contributed by atoms with Gasteiger partial charge in [-0.05, 0) is 63.1 Å². The first-order chi connectivity index (χ1) is 13.8. The smallest absolute Gasteiger partial charge is 0.324 e. The fourth-order valence-corrected chi connectivity index (χ4v) is 4.03. The van der Waals surface area contributed by atoms with Crippen LogP contribution in [0.2, 0.25) is 0 Å². The van der Waals surface area contributed by atoms with Gasteiger partial charge in [0.1, 0.15) is 6.54 Å². The van der Waals surface area contributed by atoms with Gasteiger partial charge in [0.2, 0.25) is 5.91 Å². The van der Waals surface area contributed by atoms with E-state index in [4.69, 9.17) is 4.74 Å². The van der Waals surface area contributed by atoms with E-state index >= 15 is 0 Å². The first-order valence-electron chi connectivity index (χ1n) is 10.3. The molecule has 3 rings (SSSR count). The van der Waals surface area contributed by atoms with Crippen molar-refractivity contribution in [2.24, 2.45) is 5.92 Å². The Bertz CT molecular complexity index is 740. The number of amides is 3. The number of rotatable bonds is 12. The van der Waals surface area contributed by atoms with Crippen molar-refractivity contribution in [1.29, 1.82) is 0 Å². The lowest BCUT2D eigenvalue weighted by atomic mass is 9.95. The van der Waals surface area contributed by atoms with Gasteiger partial charge < -0.3 is 9.64 Å². The van der Waals surface area contributed by atoms with E-state index < -0.39 is 0 Å². The number of imide groups is 1. The molecule has 29 heavy (non-hydrogen) atoms. The average Bonchev–Trinajstić information content (AvgIpc) is 3.44. The molecule has 0 bridgehead atoms. The Morgan fingerprint density at radius 2 is 2.07 bits per heavy atom. The monoisotopic (exact) mass is 423 g/mol. The van der Waals surface area contributed by atoms with E-state index in [0.717, 1.165) is 30.6 Å². The number of ether oxygens (including phenoxy) is 1. The summed E-state index contributed by atoms with van der Waals surface area (Å²) < 4.78 is 23.1. The van der Waals surface area contributed by atoms with Gasteiger partial charge in [0.05, 0.1) is 6.61 Å². The molecule has 0 aromatic heterocycles. The van der Waals surface area contributed by atoms with E-state index in [-0.39, 0.29) is 29.8 Å². The number of unbranched alkanes of at least 4 members (excludes halogenated alkanes) is 2. The molecule has 1 saturated carbocycles. The van der Waals surface area contributed by atoms with Crippen molar-refractivity contribution in [2.75, 3.05) is 25.4 Å². The molecule has 2 N–H and O–H groups in total. The minimum Gasteiger partial charge on any atom is -0.490 e. The number of carbonyl (C=O) groups excluding carboxylic acids is 2. The fraction of sp³-hybridized carbons (Fsp3) is 0.619. The van der Waals surface area contributed by atoms with Gasteiger partial charge in [-0.3, -0.25) is 14.8 Å². The first kappa shape index (κ1) is 21.9. The van der Waals surface area contributed by atoms with Crippen LogP contribution in [-0.2, 0) is 10.3 Å². The molecule has 0 radical (unpaired) electrons. The molecular weight excluding hydrogens is 393 g/mol. The molecule has 1 saturated heterocycles. The second kappa shape index (κ2) is 9.80. The summed E-state index contributed by atoms with van der Waals surface area (Å²) in [4.78, 5) is 24.2. The molecule has 1 aliphatic heterocycles. The van der Waals surface area contributed by atoms with Crippen molar-refractivity contribution in [3.05, 3.63) is 29.6 Å². The lowest BCUT2D eigenvalue weighted by Gasteiger charge is -2.27. The van der Waals surface area contributed by atoms with Gasteiger partial charge in [-0.1, -0.05) is 24.4 Å². The number of halogens is 1. The molecule has 2 aliphatic rings. The Hall–Kier alpha value is -1.80. The maximum Gasteiger partial charge on any atom is 0.324 e. The summed E-state index contributed by atoms with van der Waals surface area (Å²) in [5.74, 6) is 1.31. The molecule has 0 atom stereocenters. The highest BCUT2D eigenvalue weighted by atomic mass is 32.2. The third-order valence-electron chi connectivity index (χ3n) is 5.19. The Morgan fingerprint density at radius 3 is 2.76 bits per heavy atom. The van der Waals surface area contributed by atoms with Crippen LogP contribution in [0.3, 0.4) is 0 Å². The quantitative estimate of drug-likeness (QED) is 0.304. The van der Waals surface area contributed by atoms with Crippen molar-refractivity contribution in [3.8, 4) is 5.75 Å². The third kappa shape index (κ3) is 6.60. The van der Waals surface area contributed by atoms with Gasteiger partial charge in [0.15, 0.2) is 11.6 Å². The van der Waals surface area contributed by atoms with Crippen LogP contribution in [0.25, 0.3) is 0 Å². The van der Waals surface area contributed by atoms with Crippen LogP contribution in [0.4, 0.5) is 9.18 Å². The molecule has 1 aromatic rings. The lowest BCUT2D eigenvalue weighted by molar-refractivity contribution is -0.118. The van der Waals surface area contributed by atoms with Crippen molar-refractivity contribution in [3.63, 3.8) is 0 Å². The average molecular weight is 424 g/mol. The van der Waals surface area contributed by atoms with Crippen molar-refractivity contribution < 1.29 is 18.7 Å². The van der Waals surface area contributed by atoms with Crippen LogP contribution in [0, 0.1) is 11.7 Å². The zero-order chi connectivity index (χ0) is 20.9. The van der Waals surface area contributed by atoms with E-state index in [9.17, 15) is 14.0 Å². The van der Waals surface area contributed by atoms with Gasteiger partial charge in [-0.25, -0.2) is 9.18 Å². The van der Waals surface area contributed by atoms with Crippen molar-refractivity contribution in [2.45, 2.75) is 51.5 Å². The SMILES string of the molecule is CC(C)(NSCCCCCN1CC(=O)NC1=O)c1ccc(F)c(OCC2CC2)c1. The fourth-order valence-electron chi connectivity index (χ4n) is 3.10. The van der Waals surface area contributed by atoms with Crippen molar-refractivity contribution in [1.82, 2.24) is 14.9 Å². The predicted molar refractivity (Wildman–Crippen MR) is 112 cm³/mol. The normalized spacial score (nSPS) is 17.0. The molecule has 1 aliphatic carbocycles. The van der Waals surface area contributed by atoms with Gasteiger partial charge >= 0.3 is 6.03 Å². The van der Waals surface area contributed by atoms with Gasteiger partial charge in [0.25, 0.3) is 0 Å². The number of urea groups is 1. The van der Waals surface area contributed by atoms with Crippen molar-refractivity contribution >= 4 is 23.9 Å². The standard InChI is InChI=1S/C21H30FN3O3S/c1-21(2,16-8-9-17(22)18(12-16)28-14-15-6-7-15)24-29-11-5-3-4-10-25-13-19(26)23-20(25)27/h8-9,12,15,24H,3-7,10-11,13-14H2,1-2H3,(H,23,26,27). The third-order valence-corrected chi connectivity index (χ3v) is 6.34. The van der Waals surface area contributed by atoms with Crippen LogP contribution in [0.1, 0.15) is 51.5 Å². The summed E-state index contributed by atoms with van der Waals surface area (Å²) in [7, 11) is 0. The summed E-state index contributed by atoms with van der Waals surface area (Å²) >= 11 is 1.65. The van der Waals surface area contributed by atoms with Gasteiger partial charge in [-0.2, -0.15) is 0 Å². The zero-order valence-corrected chi connectivity index (χ0v) is 17.9. The number of carbonyl (C=O) groups is 2. The van der Waals surface area contributed by atoms with E-state index in [0.29, 0.717) is 24.8 Å². The Labute approximate surface area is 176 Å². The van der Waals surface area contributed by atoms with Gasteiger partial charge in [0, 0.05) is 17.8 Å². The maximum atomic E-state index is 14.0. The van der Waals surface area contributed by atoms with Gasteiger partial charge in [-0.15, -0.1) is 0 Å². The molecule has 1 heterocycles.